The van der Waals surface area contributed by atoms with Gasteiger partial charge < -0.3 is 10.2 Å². The Morgan fingerprint density at radius 2 is 1.83 bits per heavy atom. The molecule has 0 spiro atoms. The summed E-state index contributed by atoms with van der Waals surface area (Å²) in [5, 5.41) is 3.48. The van der Waals surface area contributed by atoms with Gasteiger partial charge in [0.15, 0.2) is 0 Å². The first-order valence-electron chi connectivity index (χ1n) is 7.30. The molecule has 0 aromatic carbocycles. The molecule has 0 aliphatic rings. The van der Waals surface area contributed by atoms with E-state index in [9.17, 15) is 4.79 Å². The van der Waals surface area contributed by atoms with E-state index in [1.54, 1.807) is 4.90 Å². The lowest BCUT2D eigenvalue weighted by molar-refractivity contribution is -0.128. The Labute approximate surface area is 113 Å². The Morgan fingerprint density at radius 1 is 1.17 bits per heavy atom. The summed E-state index contributed by atoms with van der Waals surface area (Å²) < 4.78 is 0. The second-order valence-electron chi connectivity index (χ2n) is 6.19. The van der Waals surface area contributed by atoms with Gasteiger partial charge in [0.05, 0.1) is 0 Å². The molecule has 0 saturated carbocycles. The van der Waals surface area contributed by atoms with Crippen molar-refractivity contribution in [2.24, 2.45) is 5.41 Å². The second-order valence-corrected chi connectivity index (χ2v) is 6.19. The molecule has 0 atom stereocenters. The van der Waals surface area contributed by atoms with E-state index in [2.05, 4.69) is 26.1 Å². The zero-order chi connectivity index (χ0) is 14.0. The molecule has 0 bridgehead atoms. The van der Waals surface area contributed by atoms with Gasteiger partial charge >= 0.3 is 0 Å². The fourth-order valence-electron chi connectivity index (χ4n) is 1.96. The van der Waals surface area contributed by atoms with Gasteiger partial charge in [-0.05, 0) is 24.8 Å². The molecular weight excluding hydrogens is 224 g/mol. The number of hydrogen-bond acceptors (Lipinski definition) is 2. The van der Waals surface area contributed by atoms with E-state index in [-0.39, 0.29) is 5.91 Å². The molecule has 0 aromatic heterocycles. The molecule has 0 unspecified atom stereocenters. The van der Waals surface area contributed by atoms with E-state index < -0.39 is 0 Å². The minimum atomic E-state index is 0.221. The number of carbonyl (C=O) groups excluding carboxylic acids is 1. The minimum absolute atomic E-state index is 0.221. The molecule has 3 heteroatoms. The second kappa shape index (κ2) is 9.37. The van der Waals surface area contributed by atoms with Crippen molar-refractivity contribution < 1.29 is 4.79 Å². The van der Waals surface area contributed by atoms with Crippen LogP contribution in [0, 0.1) is 5.41 Å². The number of nitrogens with one attached hydrogen (secondary N) is 1. The van der Waals surface area contributed by atoms with Gasteiger partial charge in [0.2, 0.25) is 5.91 Å². The lowest BCUT2D eigenvalue weighted by Gasteiger charge is -2.25. The number of rotatable bonds is 10. The molecule has 0 rings (SSSR count). The van der Waals surface area contributed by atoms with E-state index in [0.29, 0.717) is 11.8 Å². The highest BCUT2D eigenvalue weighted by atomic mass is 16.2. The molecule has 3 nitrogen and oxygen atoms in total. The fourth-order valence-corrected chi connectivity index (χ4v) is 1.96. The third-order valence-corrected chi connectivity index (χ3v) is 3.30. The highest BCUT2D eigenvalue weighted by Crippen LogP contribution is 2.22. The normalized spacial score (nSPS) is 11.6. The SMILES string of the molecule is CCCCCC(C)(C)CNCCCC(=O)N(C)C. The van der Waals surface area contributed by atoms with Crippen molar-refractivity contribution in [2.75, 3.05) is 27.2 Å². The van der Waals surface area contributed by atoms with Crippen LogP contribution in [0.5, 0.6) is 0 Å². The van der Waals surface area contributed by atoms with Gasteiger partial charge in [-0.2, -0.15) is 0 Å². The van der Waals surface area contributed by atoms with Crippen LogP contribution in [0.15, 0.2) is 0 Å². The first kappa shape index (κ1) is 17.4. The zero-order valence-corrected chi connectivity index (χ0v) is 13.0. The lowest BCUT2D eigenvalue weighted by atomic mass is 9.87. The van der Waals surface area contributed by atoms with Gasteiger partial charge in [-0.15, -0.1) is 0 Å². The molecule has 0 radical (unpaired) electrons. The van der Waals surface area contributed by atoms with Crippen molar-refractivity contribution in [3.8, 4) is 0 Å². The quantitative estimate of drug-likeness (QED) is 0.609. The van der Waals surface area contributed by atoms with Gasteiger partial charge in [0.25, 0.3) is 0 Å². The summed E-state index contributed by atoms with van der Waals surface area (Å²) in [6.07, 6.45) is 6.81. The predicted molar refractivity (Wildman–Crippen MR) is 78.7 cm³/mol. The monoisotopic (exact) mass is 256 g/mol. The third kappa shape index (κ3) is 9.46. The van der Waals surface area contributed by atoms with Crippen LogP contribution in [0.4, 0.5) is 0 Å². The summed E-state index contributed by atoms with van der Waals surface area (Å²) in [6, 6.07) is 0. The largest absolute Gasteiger partial charge is 0.349 e. The highest BCUT2D eigenvalue weighted by Gasteiger charge is 2.16. The van der Waals surface area contributed by atoms with Crippen molar-refractivity contribution in [1.29, 1.82) is 0 Å². The number of carbonyl (C=O) groups is 1. The van der Waals surface area contributed by atoms with E-state index in [0.717, 1.165) is 19.5 Å². The zero-order valence-electron chi connectivity index (χ0n) is 13.0. The molecular formula is C15H32N2O. The van der Waals surface area contributed by atoms with Crippen LogP contribution in [-0.4, -0.2) is 38.0 Å². The van der Waals surface area contributed by atoms with Crippen molar-refractivity contribution in [2.45, 2.75) is 59.3 Å². The first-order chi connectivity index (χ1) is 8.39. The molecule has 0 saturated heterocycles. The van der Waals surface area contributed by atoms with Crippen LogP contribution in [0.2, 0.25) is 0 Å². The molecule has 0 aliphatic heterocycles. The maximum Gasteiger partial charge on any atom is 0.222 e. The summed E-state index contributed by atoms with van der Waals surface area (Å²) in [5.74, 6) is 0.221. The fraction of sp³-hybridized carbons (Fsp3) is 0.933. The number of unbranched alkanes of at least 4 members (excludes halogenated alkanes) is 2. The summed E-state index contributed by atoms with van der Waals surface area (Å²) >= 11 is 0. The van der Waals surface area contributed by atoms with Crippen molar-refractivity contribution in [1.82, 2.24) is 10.2 Å². The molecule has 0 aromatic rings. The lowest BCUT2D eigenvalue weighted by Crippen LogP contribution is -2.31. The molecule has 0 heterocycles. The van der Waals surface area contributed by atoms with Gasteiger partial charge in [-0.1, -0.05) is 40.0 Å². The van der Waals surface area contributed by atoms with Crippen LogP contribution in [-0.2, 0) is 4.79 Å². The minimum Gasteiger partial charge on any atom is -0.349 e. The van der Waals surface area contributed by atoms with Gasteiger partial charge in [-0.3, -0.25) is 4.79 Å². The highest BCUT2D eigenvalue weighted by molar-refractivity contribution is 5.75. The Hall–Kier alpha value is -0.570. The van der Waals surface area contributed by atoms with E-state index >= 15 is 0 Å². The van der Waals surface area contributed by atoms with Crippen molar-refractivity contribution in [3.05, 3.63) is 0 Å². The Bertz CT molecular complexity index is 225. The van der Waals surface area contributed by atoms with Crippen LogP contribution < -0.4 is 5.32 Å². The van der Waals surface area contributed by atoms with Crippen molar-refractivity contribution >= 4 is 5.91 Å². The Balaban J connectivity index is 3.55. The smallest absolute Gasteiger partial charge is 0.222 e. The summed E-state index contributed by atoms with van der Waals surface area (Å²) in [7, 11) is 3.62. The van der Waals surface area contributed by atoms with E-state index in [1.165, 1.54) is 25.7 Å². The van der Waals surface area contributed by atoms with Crippen LogP contribution in [0.1, 0.15) is 59.3 Å². The number of nitrogens with zero attached hydrogens (tertiary/aromatic N) is 1. The maximum atomic E-state index is 11.4. The predicted octanol–water partition coefficient (Wildman–Crippen LogP) is 3.05. The van der Waals surface area contributed by atoms with E-state index in [4.69, 9.17) is 0 Å². The van der Waals surface area contributed by atoms with Crippen molar-refractivity contribution in [3.63, 3.8) is 0 Å². The van der Waals surface area contributed by atoms with Crippen LogP contribution in [0.25, 0.3) is 0 Å². The molecule has 1 amide bonds. The molecule has 0 fully saturated rings. The molecule has 1 N–H and O–H groups in total. The van der Waals surface area contributed by atoms with E-state index in [1.807, 2.05) is 14.1 Å². The number of amides is 1. The standard InChI is InChI=1S/C15H32N2O/c1-6-7-8-11-15(2,3)13-16-12-9-10-14(18)17(4)5/h16H,6-13H2,1-5H3. The average molecular weight is 256 g/mol. The number of hydrogen-bond donors (Lipinski definition) is 1. The molecule has 18 heavy (non-hydrogen) atoms. The summed E-state index contributed by atoms with van der Waals surface area (Å²) in [5.41, 5.74) is 0.376. The Morgan fingerprint density at radius 3 is 2.39 bits per heavy atom. The van der Waals surface area contributed by atoms with Gasteiger partial charge in [0.1, 0.15) is 0 Å². The van der Waals surface area contributed by atoms with Gasteiger partial charge in [-0.25, -0.2) is 0 Å². The summed E-state index contributed by atoms with van der Waals surface area (Å²) in [4.78, 5) is 13.0. The summed E-state index contributed by atoms with van der Waals surface area (Å²) in [6.45, 7) is 8.87. The van der Waals surface area contributed by atoms with Gasteiger partial charge in [0, 0.05) is 27.1 Å². The average Bonchev–Trinajstić information content (AvgIpc) is 2.28. The first-order valence-corrected chi connectivity index (χ1v) is 7.30. The topological polar surface area (TPSA) is 32.3 Å². The third-order valence-electron chi connectivity index (χ3n) is 3.30. The molecule has 108 valence electrons. The Kier molecular flexibility index (Phi) is 9.08. The maximum absolute atomic E-state index is 11.4. The van der Waals surface area contributed by atoms with Crippen LogP contribution in [0.3, 0.4) is 0 Å². The molecule has 0 aliphatic carbocycles. The van der Waals surface area contributed by atoms with Crippen LogP contribution >= 0.6 is 0 Å².